The Labute approximate surface area is 240 Å². The Hall–Kier alpha value is -3.72. The van der Waals surface area contributed by atoms with Gasteiger partial charge in [0.05, 0.1) is 11.9 Å². The number of alkyl halides is 3. The molecule has 1 atom stereocenters. The van der Waals surface area contributed by atoms with Gasteiger partial charge in [-0.05, 0) is 49.4 Å². The number of sulfonamides is 1. The fourth-order valence-corrected chi connectivity index (χ4v) is 6.68. The number of rotatable bonds is 6. The summed E-state index contributed by atoms with van der Waals surface area (Å²) in [6.07, 6.45) is -1.41. The minimum atomic E-state index is -4.89. The summed E-state index contributed by atoms with van der Waals surface area (Å²) in [5.74, 6) is -2.11. The summed E-state index contributed by atoms with van der Waals surface area (Å²) < 4.78 is 87.9. The summed E-state index contributed by atoms with van der Waals surface area (Å²) in [5.41, 5.74) is -1.25. The van der Waals surface area contributed by atoms with Crippen LogP contribution >= 0.6 is 0 Å². The Morgan fingerprint density at radius 2 is 1.79 bits per heavy atom. The SMILES string of the molecule is CC1CCCN(c2nc(C(F)(F)F)c(C(=O)Nc3ccc(N4CCCN(S(=O)(=O)c5ccccc5F)CC4)nc3)o2)C1. The van der Waals surface area contributed by atoms with Crippen molar-refractivity contribution < 1.29 is 35.2 Å². The Morgan fingerprint density at radius 3 is 2.48 bits per heavy atom. The van der Waals surface area contributed by atoms with Crippen LogP contribution in [0, 0.1) is 11.7 Å². The Balaban J connectivity index is 1.26. The molecule has 42 heavy (non-hydrogen) atoms. The maximum atomic E-state index is 14.2. The number of benzene rings is 1. The van der Waals surface area contributed by atoms with Gasteiger partial charge in [0.15, 0.2) is 5.69 Å². The highest BCUT2D eigenvalue weighted by atomic mass is 32.2. The second-order valence-corrected chi connectivity index (χ2v) is 12.3. The van der Waals surface area contributed by atoms with Gasteiger partial charge in [-0.1, -0.05) is 19.1 Å². The van der Waals surface area contributed by atoms with Crippen molar-refractivity contribution in [2.24, 2.45) is 5.92 Å². The Morgan fingerprint density at radius 1 is 1.02 bits per heavy atom. The fraction of sp³-hybridized carbons (Fsp3) is 0.444. The number of amides is 1. The number of hydrogen-bond acceptors (Lipinski definition) is 8. The number of carbonyl (C=O) groups excluding carboxylic acids is 1. The molecule has 4 heterocycles. The Kier molecular flexibility index (Phi) is 8.42. The number of nitrogens with zero attached hydrogens (tertiary/aromatic N) is 5. The van der Waals surface area contributed by atoms with E-state index in [9.17, 15) is 30.8 Å². The number of pyridine rings is 1. The van der Waals surface area contributed by atoms with Crippen LogP contribution in [0.4, 0.5) is 35.1 Å². The first-order chi connectivity index (χ1) is 19.9. The molecule has 2 aliphatic heterocycles. The van der Waals surface area contributed by atoms with Crippen LogP contribution in [-0.4, -0.2) is 67.9 Å². The summed E-state index contributed by atoms with van der Waals surface area (Å²) in [5, 5.41) is 2.39. The van der Waals surface area contributed by atoms with Gasteiger partial charge in [0, 0.05) is 39.3 Å². The molecule has 5 rings (SSSR count). The lowest BCUT2D eigenvalue weighted by atomic mass is 10.0. The summed E-state index contributed by atoms with van der Waals surface area (Å²) in [7, 11) is -4.02. The average molecular weight is 611 g/mol. The molecule has 2 saturated heterocycles. The van der Waals surface area contributed by atoms with Gasteiger partial charge in [-0.3, -0.25) is 4.79 Å². The molecule has 1 amide bonds. The largest absolute Gasteiger partial charge is 0.437 e. The number of nitrogens with one attached hydrogen (secondary N) is 1. The van der Waals surface area contributed by atoms with E-state index < -0.39 is 39.4 Å². The van der Waals surface area contributed by atoms with Gasteiger partial charge in [0.1, 0.15) is 16.5 Å². The summed E-state index contributed by atoms with van der Waals surface area (Å²) >= 11 is 0. The smallest absolute Gasteiger partial charge is 0.417 e. The van der Waals surface area contributed by atoms with Gasteiger partial charge in [0.2, 0.25) is 15.8 Å². The van der Waals surface area contributed by atoms with E-state index in [0.717, 1.165) is 18.9 Å². The number of piperidine rings is 1. The normalized spacial score (nSPS) is 19.0. The number of hydrogen-bond donors (Lipinski definition) is 1. The predicted octanol–water partition coefficient (Wildman–Crippen LogP) is 4.62. The number of anilines is 3. The van der Waals surface area contributed by atoms with E-state index in [4.69, 9.17) is 4.42 Å². The molecule has 3 aromatic rings. The van der Waals surface area contributed by atoms with E-state index in [2.05, 4.69) is 15.3 Å². The quantitative estimate of drug-likeness (QED) is 0.403. The van der Waals surface area contributed by atoms with Gasteiger partial charge >= 0.3 is 6.18 Å². The molecule has 2 fully saturated rings. The third-order valence-electron chi connectivity index (χ3n) is 7.26. The van der Waals surface area contributed by atoms with Crippen LogP contribution < -0.4 is 15.1 Å². The van der Waals surface area contributed by atoms with Gasteiger partial charge in [-0.2, -0.15) is 22.5 Å². The molecule has 226 valence electrons. The third kappa shape index (κ3) is 6.36. The highest BCUT2D eigenvalue weighted by Gasteiger charge is 2.42. The van der Waals surface area contributed by atoms with Crippen LogP contribution in [0.2, 0.25) is 0 Å². The minimum absolute atomic E-state index is 0.0979. The molecule has 0 bridgehead atoms. The second-order valence-electron chi connectivity index (χ2n) is 10.4. The van der Waals surface area contributed by atoms with Crippen LogP contribution in [0.5, 0.6) is 0 Å². The zero-order valence-electron chi connectivity index (χ0n) is 22.8. The summed E-state index contributed by atoms with van der Waals surface area (Å²) in [4.78, 5) is 23.9. The maximum absolute atomic E-state index is 14.2. The van der Waals surface area contributed by atoms with Crippen molar-refractivity contribution in [2.75, 3.05) is 54.4 Å². The van der Waals surface area contributed by atoms with Crippen molar-refractivity contribution in [1.82, 2.24) is 14.3 Å². The molecule has 2 aromatic heterocycles. The van der Waals surface area contributed by atoms with Crippen molar-refractivity contribution in [2.45, 2.75) is 37.3 Å². The lowest BCUT2D eigenvalue weighted by Gasteiger charge is -2.29. The lowest BCUT2D eigenvalue weighted by molar-refractivity contribution is -0.141. The Bertz CT molecular complexity index is 1530. The molecule has 1 aromatic carbocycles. The molecule has 2 aliphatic rings. The lowest BCUT2D eigenvalue weighted by Crippen LogP contribution is -2.35. The first-order valence-electron chi connectivity index (χ1n) is 13.5. The van der Waals surface area contributed by atoms with Crippen LogP contribution in [0.15, 0.2) is 51.9 Å². The monoisotopic (exact) mass is 610 g/mol. The molecular weight excluding hydrogens is 580 g/mol. The van der Waals surface area contributed by atoms with Crippen molar-refractivity contribution in [3.05, 3.63) is 59.9 Å². The molecule has 0 spiro atoms. The van der Waals surface area contributed by atoms with Crippen LogP contribution in [-0.2, 0) is 16.2 Å². The zero-order chi connectivity index (χ0) is 30.1. The summed E-state index contributed by atoms with van der Waals surface area (Å²) in [6, 6.07) is 8.03. The highest BCUT2D eigenvalue weighted by Crippen LogP contribution is 2.35. The van der Waals surface area contributed by atoms with Gasteiger partial charge in [-0.15, -0.1) is 0 Å². The van der Waals surface area contributed by atoms with E-state index in [0.29, 0.717) is 31.9 Å². The van der Waals surface area contributed by atoms with E-state index in [1.807, 2.05) is 11.8 Å². The minimum Gasteiger partial charge on any atom is -0.417 e. The molecule has 1 unspecified atom stereocenters. The van der Waals surface area contributed by atoms with Crippen LogP contribution in [0.1, 0.15) is 42.4 Å². The molecule has 15 heteroatoms. The second kappa shape index (κ2) is 11.9. The van der Waals surface area contributed by atoms with Gasteiger partial charge in [-0.25, -0.2) is 17.8 Å². The van der Waals surface area contributed by atoms with E-state index >= 15 is 0 Å². The van der Waals surface area contributed by atoms with Crippen LogP contribution in [0.25, 0.3) is 0 Å². The topological polar surface area (TPSA) is 112 Å². The van der Waals surface area contributed by atoms with Crippen molar-refractivity contribution >= 4 is 33.5 Å². The van der Waals surface area contributed by atoms with Gasteiger partial charge < -0.3 is 19.5 Å². The molecule has 0 aliphatic carbocycles. The van der Waals surface area contributed by atoms with Crippen molar-refractivity contribution in [1.29, 1.82) is 0 Å². The predicted molar refractivity (Wildman–Crippen MR) is 146 cm³/mol. The van der Waals surface area contributed by atoms with Crippen LogP contribution in [0.3, 0.4) is 0 Å². The van der Waals surface area contributed by atoms with Crippen molar-refractivity contribution in [3.63, 3.8) is 0 Å². The summed E-state index contributed by atoms with van der Waals surface area (Å²) in [6.45, 7) is 3.98. The first kappa shape index (κ1) is 29.8. The number of halogens is 4. The first-order valence-corrected chi connectivity index (χ1v) is 15.0. The molecule has 1 N–H and O–H groups in total. The number of carbonyl (C=O) groups is 1. The number of oxazole rings is 1. The molecule has 10 nitrogen and oxygen atoms in total. The van der Waals surface area contributed by atoms with E-state index in [-0.39, 0.29) is 42.1 Å². The fourth-order valence-electron chi connectivity index (χ4n) is 5.14. The number of aromatic nitrogens is 2. The average Bonchev–Trinajstić information content (AvgIpc) is 3.26. The molecule has 0 saturated carbocycles. The third-order valence-corrected chi connectivity index (χ3v) is 9.19. The highest BCUT2D eigenvalue weighted by molar-refractivity contribution is 7.89. The van der Waals surface area contributed by atoms with E-state index in [1.54, 1.807) is 11.0 Å². The molecular formula is C27H30F4N6O4S. The zero-order valence-corrected chi connectivity index (χ0v) is 23.6. The molecule has 0 radical (unpaired) electrons. The van der Waals surface area contributed by atoms with E-state index in [1.165, 1.54) is 34.8 Å². The maximum Gasteiger partial charge on any atom is 0.437 e. The van der Waals surface area contributed by atoms with Gasteiger partial charge in [0.25, 0.3) is 11.9 Å². The van der Waals surface area contributed by atoms with Crippen molar-refractivity contribution in [3.8, 4) is 0 Å². The standard InChI is InChI=1S/C27H30F4N6O4S/c1-18-6-4-11-36(17-18)26-34-24(27(29,30)31)23(41-26)25(38)33-19-9-10-22(32-16-19)35-12-5-13-37(15-14-35)42(39,40)21-8-3-2-7-20(21)28/h2-3,7-10,16,18H,4-6,11-15,17H2,1H3,(H,33,38).